The molecule has 0 amide bonds. The van der Waals surface area contributed by atoms with Crippen molar-refractivity contribution in [2.75, 3.05) is 6.61 Å². The quantitative estimate of drug-likeness (QED) is 0.393. The summed E-state index contributed by atoms with van der Waals surface area (Å²) >= 11 is 0. The molecule has 0 radical (unpaired) electrons. The number of ether oxygens (including phenoxy) is 1. The molecule has 0 aliphatic rings. The van der Waals surface area contributed by atoms with Crippen LogP contribution in [0.1, 0.15) is 34.1 Å². The summed E-state index contributed by atoms with van der Waals surface area (Å²) in [6, 6.07) is 0. The molecule has 15 heavy (non-hydrogen) atoms. The zero-order valence-electron chi connectivity index (χ0n) is 10.2. The smallest absolute Gasteiger partial charge is 0.338 e. The molecule has 0 saturated carbocycles. The SMILES string of the molecule is C=C/C(=C\C=C\CC)C(=O)OCC.CC. The minimum atomic E-state index is -0.321. The Morgan fingerprint density at radius 3 is 2.33 bits per heavy atom. The van der Waals surface area contributed by atoms with Crippen molar-refractivity contribution in [2.45, 2.75) is 34.1 Å². The summed E-state index contributed by atoms with van der Waals surface area (Å²) < 4.78 is 4.81. The molecule has 0 bridgehead atoms. The number of carbonyl (C=O) groups is 1. The Morgan fingerprint density at radius 2 is 1.93 bits per heavy atom. The minimum Gasteiger partial charge on any atom is -0.462 e. The van der Waals surface area contributed by atoms with Crippen molar-refractivity contribution < 1.29 is 9.53 Å². The summed E-state index contributed by atoms with van der Waals surface area (Å²) in [5.74, 6) is -0.321. The van der Waals surface area contributed by atoms with Gasteiger partial charge in [-0.1, -0.05) is 45.6 Å². The summed E-state index contributed by atoms with van der Waals surface area (Å²) in [6.07, 6.45) is 7.94. The van der Waals surface area contributed by atoms with Crippen LogP contribution in [0.2, 0.25) is 0 Å². The van der Waals surface area contributed by atoms with Crippen LogP contribution in [0.4, 0.5) is 0 Å². The van der Waals surface area contributed by atoms with Crippen molar-refractivity contribution in [1.29, 1.82) is 0 Å². The van der Waals surface area contributed by atoms with Crippen LogP contribution >= 0.6 is 0 Å². The molecule has 86 valence electrons. The maximum absolute atomic E-state index is 11.2. The molecule has 2 nitrogen and oxygen atoms in total. The molecule has 0 spiro atoms. The molecular formula is C13H22O2. The van der Waals surface area contributed by atoms with Gasteiger partial charge in [-0.2, -0.15) is 0 Å². The summed E-state index contributed by atoms with van der Waals surface area (Å²) in [4.78, 5) is 11.2. The lowest BCUT2D eigenvalue weighted by Crippen LogP contribution is -2.05. The second-order valence-electron chi connectivity index (χ2n) is 2.38. The van der Waals surface area contributed by atoms with Gasteiger partial charge in [-0.05, 0) is 19.4 Å². The number of hydrogen-bond donors (Lipinski definition) is 0. The maximum atomic E-state index is 11.2. The Hall–Kier alpha value is -1.31. The molecule has 0 aliphatic carbocycles. The van der Waals surface area contributed by atoms with E-state index in [9.17, 15) is 4.79 Å². The Kier molecular flexibility index (Phi) is 13.6. The number of esters is 1. The van der Waals surface area contributed by atoms with Crippen LogP contribution < -0.4 is 0 Å². The van der Waals surface area contributed by atoms with Gasteiger partial charge < -0.3 is 4.74 Å². The summed E-state index contributed by atoms with van der Waals surface area (Å²) in [6.45, 7) is 11.7. The van der Waals surface area contributed by atoms with Gasteiger partial charge in [-0.25, -0.2) is 4.79 Å². The molecule has 0 fully saturated rings. The van der Waals surface area contributed by atoms with Crippen molar-refractivity contribution in [3.05, 3.63) is 36.5 Å². The predicted molar refractivity (Wildman–Crippen MR) is 65.7 cm³/mol. The van der Waals surface area contributed by atoms with Crippen LogP contribution in [0.15, 0.2) is 36.5 Å². The molecule has 0 heterocycles. The van der Waals surface area contributed by atoms with Gasteiger partial charge in [-0.15, -0.1) is 0 Å². The molecule has 2 heteroatoms. The first kappa shape index (κ1) is 16.1. The summed E-state index contributed by atoms with van der Waals surface area (Å²) in [7, 11) is 0. The average Bonchev–Trinajstić information content (AvgIpc) is 2.27. The van der Waals surface area contributed by atoms with Gasteiger partial charge in [0.2, 0.25) is 0 Å². The van der Waals surface area contributed by atoms with E-state index < -0.39 is 0 Å². The molecule has 0 aromatic carbocycles. The van der Waals surface area contributed by atoms with Gasteiger partial charge >= 0.3 is 5.97 Å². The van der Waals surface area contributed by atoms with Gasteiger partial charge in [-0.3, -0.25) is 0 Å². The van der Waals surface area contributed by atoms with E-state index in [0.717, 1.165) is 6.42 Å². The van der Waals surface area contributed by atoms with E-state index >= 15 is 0 Å². The Bertz CT molecular complexity index is 225. The molecule has 0 rings (SSSR count). The van der Waals surface area contributed by atoms with Crippen molar-refractivity contribution in [3.63, 3.8) is 0 Å². The zero-order valence-corrected chi connectivity index (χ0v) is 10.2. The third-order valence-electron chi connectivity index (χ3n) is 1.38. The van der Waals surface area contributed by atoms with E-state index in [1.165, 1.54) is 6.08 Å². The first-order chi connectivity index (χ1) is 7.26. The van der Waals surface area contributed by atoms with E-state index in [0.29, 0.717) is 12.2 Å². The van der Waals surface area contributed by atoms with Crippen LogP contribution in [-0.2, 0) is 9.53 Å². The van der Waals surface area contributed by atoms with Crippen LogP contribution in [0.5, 0.6) is 0 Å². The molecule has 0 atom stereocenters. The summed E-state index contributed by atoms with van der Waals surface area (Å²) in [5.41, 5.74) is 0.492. The normalized spacial score (nSPS) is 10.5. The fraction of sp³-hybridized carbons (Fsp3) is 0.462. The topological polar surface area (TPSA) is 26.3 Å². The summed E-state index contributed by atoms with van der Waals surface area (Å²) in [5, 5.41) is 0. The highest BCUT2D eigenvalue weighted by atomic mass is 16.5. The first-order valence-electron chi connectivity index (χ1n) is 5.42. The monoisotopic (exact) mass is 210 g/mol. The van der Waals surface area contributed by atoms with Gasteiger partial charge in [0.1, 0.15) is 0 Å². The highest BCUT2D eigenvalue weighted by Crippen LogP contribution is 2.00. The lowest BCUT2D eigenvalue weighted by Gasteiger charge is -1.99. The maximum Gasteiger partial charge on any atom is 0.338 e. The minimum absolute atomic E-state index is 0.321. The van der Waals surface area contributed by atoms with E-state index in [-0.39, 0.29) is 5.97 Å². The largest absolute Gasteiger partial charge is 0.462 e. The van der Waals surface area contributed by atoms with Gasteiger partial charge in [0.05, 0.1) is 12.2 Å². The molecular weight excluding hydrogens is 188 g/mol. The van der Waals surface area contributed by atoms with Crippen LogP contribution in [0.25, 0.3) is 0 Å². The highest BCUT2D eigenvalue weighted by molar-refractivity contribution is 5.91. The number of carbonyl (C=O) groups excluding carboxylic acids is 1. The van der Waals surface area contributed by atoms with Crippen molar-refractivity contribution >= 4 is 5.97 Å². The van der Waals surface area contributed by atoms with E-state index in [4.69, 9.17) is 4.74 Å². The number of rotatable bonds is 5. The van der Waals surface area contributed by atoms with Gasteiger partial charge in [0.15, 0.2) is 0 Å². The van der Waals surface area contributed by atoms with Gasteiger partial charge in [0, 0.05) is 0 Å². The molecule has 0 unspecified atom stereocenters. The fourth-order valence-corrected chi connectivity index (χ4v) is 0.742. The Labute approximate surface area is 93.3 Å². The second kappa shape index (κ2) is 12.7. The van der Waals surface area contributed by atoms with E-state index in [1.807, 2.05) is 32.9 Å². The molecule has 0 N–H and O–H groups in total. The number of hydrogen-bond acceptors (Lipinski definition) is 2. The molecule has 0 saturated heterocycles. The standard InChI is InChI=1S/C11H16O2.C2H6/c1-4-7-8-9-10(5-2)11(12)13-6-3;1-2/h5,7-9H,2,4,6H2,1,3H3;1-2H3/b8-7+,10-9+;. The highest BCUT2D eigenvalue weighted by Gasteiger charge is 2.03. The Morgan fingerprint density at radius 1 is 1.33 bits per heavy atom. The van der Waals surface area contributed by atoms with Gasteiger partial charge in [0.25, 0.3) is 0 Å². The zero-order chi connectivity index (χ0) is 12.1. The Balaban J connectivity index is 0. The number of allylic oxidation sites excluding steroid dienone is 3. The lowest BCUT2D eigenvalue weighted by molar-refractivity contribution is -0.138. The molecule has 0 aromatic heterocycles. The third-order valence-corrected chi connectivity index (χ3v) is 1.38. The van der Waals surface area contributed by atoms with Crippen LogP contribution in [0.3, 0.4) is 0 Å². The van der Waals surface area contributed by atoms with Crippen molar-refractivity contribution in [2.24, 2.45) is 0 Å². The van der Waals surface area contributed by atoms with E-state index in [1.54, 1.807) is 13.0 Å². The van der Waals surface area contributed by atoms with E-state index in [2.05, 4.69) is 6.58 Å². The lowest BCUT2D eigenvalue weighted by atomic mass is 10.2. The van der Waals surface area contributed by atoms with Crippen molar-refractivity contribution in [3.8, 4) is 0 Å². The average molecular weight is 210 g/mol. The van der Waals surface area contributed by atoms with Crippen LogP contribution in [0, 0.1) is 0 Å². The van der Waals surface area contributed by atoms with Crippen molar-refractivity contribution in [1.82, 2.24) is 0 Å². The van der Waals surface area contributed by atoms with Crippen LogP contribution in [-0.4, -0.2) is 12.6 Å². The fourth-order valence-electron chi connectivity index (χ4n) is 0.742. The first-order valence-corrected chi connectivity index (χ1v) is 5.42. The second-order valence-corrected chi connectivity index (χ2v) is 2.38. The molecule has 0 aliphatic heterocycles. The predicted octanol–water partition coefficient (Wildman–Crippen LogP) is 3.65. The molecule has 0 aromatic rings. The third kappa shape index (κ3) is 9.01.